The van der Waals surface area contributed by atoms with Crippen LogP contribution in [-0.4, -0.2) is 27.4 Å². The fourth-order valence-corrected chi connectivity index (χ4v) is 5.86. The molecule has 0 radical (unpaired) electrons. The molecule has 12 heavy (non-hydrogen) atoms. The first-order valence-corrected chi connectivity index (χ1v) is 9.28. The first-order valence-electron chi connectivity index (χ1n) is 4.40. The third kappa shape index (κ3) is 3.01. The Morgan fingerprint density at radius 3 is 3.00 bits per heavy atom. The van der Waals surface area contributed by atoms with Crippen LogP contribution in [0.3, 0.4) is 0 Å². The number of carbonyl (C=O) groups is 1. The molecule has 0 saturated carbocycles. The molecule has 0 bridgehead atoms. The number of carbonyl (C=O) groups excluding carboxylic acids is 1. The maximum atomic E-state index is 10.3. The summed E-state index contributed by atoms with van der Waals surface area (Å²) in [6.45, 7) is 2.20. The molecule has 0 saturated heterocycles. The van der Waals surface area contributed by atoms with E-state index in [0.29, 0.717) is 5.76 Å². The van der Waals surface area contributed by atoms with Crippen molar-refractivity contribution in [1.29, 1.82) is 0 Å². The van der Waals surface area contributed by atoms with E-state index in [0.717, 1.165) is 10.1 Å². The van der Waals surface area contributed by atoms with Crippen molar-refractivity contribution in [2.45, 2.75) is 24.2 Å². The monoisotopic (exact) mass is 274 g/mol. The molecule has 0 aromatic carbocycles. The Balaban J connectivity index is 2.36. The molecule has 3 heteroatoms. The van der Waals surface area contributed by atoms with E-state index in [9.17, 15) is 4.79 Å². The Bertz CT molecular complexity index is 242. The molecular weight excluding hydrogens is 259 g/mol. The molecule has 0 atom stereocenters. The van der Waals surface area contributed by atoms with Gasteiger partial charge in [0.15, 0.2) is 0 Å². The molecule has 1 aromatic rings. The third-order valence-corrected chi connectivity index (χ3v) is 6.75. The van der Waals surface area contributed by atoms with E-state index in [-0.39, 0.29) is 0 Å². The van der Waals surface area contributed by atoms with E-state index in [4.69, 9.17) is 4.42 Å². The van der Waals surface area contributed by atoms with Gasteiger partial charge in [0.2, 0.25) is 0 Å². The van der Waals surface area contributed by atoms with Crippen molar-refractivity contribution in [3.8, 4) is 0 Å². The van der Waals surface area contributed by atoms with Crippen LogP contribution in [0.5, 0.6) is 0 Å². The topological polar surface area (TPSA) is 30.2 Å². The fourth-order valence-electron chi connectivity index (χ4n) is 1.14. The van der Waals surface area contributed by atoms with Crippen molar-refractivity contribution in [1.82, 2.24) is 0 Å². The van der Waals surface area contributed by atoms with Gasteiger partial charge in [-0.3, -0.25) is 0 Å². The average Bonchev–Trinajstić information content (AvgIpc) is 2.53. The number of hydrogen-bond acceptors (Lipinski definition) is 2. The molecule has 0 aliphatic heterocycles. The van der Waals surface area contributed by atoms with Gasteiger partial charge in [0.05, 0.1) is 0 Å². The van der Waals surface area contributed by atoms with Gasteiger partial charge >= 0.3 is 82.5 Å². The number of hydrogen-bond donors (Lipinski definition) is 0. The minimum absolute atomic E-state index is 0.484. The zero-order valence-electron chi connectivity index (χ0n) is 7.38. The molecule has 0 fully saturated rings. The van der Waals surface area contributed by atoms with Gasteiger partial charge in [-0.2, -0.15) is 0 Å². The predicted molar refractivity (Wildman–Crippen MR) is 52.0 cm³/mol. The van der Waals surface area contributed by atoms with Gasteiger partial charge in [-0.25, -0.2) is 0 Å². The summed E-state index contributed by atoms with van der Waals surface area (Å²) < 4.78 is 7.79. The number of aldehydes is 1. The fraction of sp³-hybridized carbons (Fsp3) is 0.444. The van der Waals surface area contributed by atoms with E-state index in [1.54, 1.807) is 6.07 Å². The van der Waals surface area contributed by atoms with Gasteiger partial charge in [-0.1, -0.05) is 0 Å². The average molecular weight is 273 g/mol. The van der Waals surface area contributed by atoms with E-state index >= 15 is 0 Å². The number of furan rings is 1. The Kier molecular flexibility index (Phi) is 4.43. The van der Waals surface area contributed by atoms with Crippen molar-refractivity contribution in [3.63, 3.8) is 0 Å². The molecule has 0 unspecified atom stereocenters. The van der Waals surface area contributed by atoms with Crippen LogP contribution in [0.1, 0.15) is 30.3 Å². The number of unbranched alkanes of at least 4 members (excludes halogenated alkanes) is 1. The molecule has 1 heterocycles. The van der Waals surface area contributed by atoms with Crippen LogP contribution < -0.4 is 3.78 Å². The summed E-state index contributed by atoms with van der Waals surface area (Å²) in [7, 11) is 0. The Morgan fingerprint density at radius 2 is 2.42 bits per heavy atom. The normalized spacial score (nSPS) is 11.1. The molecule has 66 valence electrons. The van der Waals surface area contributed by atoms with Crippen molar-refractivity contribution >= 4 is 31.2 Å². The summed E-state index contributed by atoms with van der Waals surface area (Å²) in [5.41, 5.74) is 0. The van der Waals surface area contributed by atoms with Crippen molar-refractivity contribution in [2.24, 2.45) is 0 Å². The SMILES string of the molecule is CCC[CH2][SnH2][c]1ccc(C=O)o1. The maximum absolute atomic E-state index is 10.3. The van der Waals surface area contributed by atoms with Crippen molar-refractivity contribution in [3.05, 3.63) is 17.9 Å². The minimum atomic E-state index is -0.842. The Morgan fingerprint density at radius 1 is 1.58 bits per heavy atom. The van der Waals surface area contributed by atoms with Crippen LogP contribution in [0.2, 0.25) is 4.44 Å². The molecular formula is C9H14O2Sn. The molecule has 0 aliphatic rings. The van der Waals surface area contributed by atoms with E-state index in [2.05, 4.69) is 6.92 Å². The van der Waals surface area contributed by atoms with Crippen LogP contribution in [0.15, 0.2) is 16.5 Å². The molecule has 0 N–H and O–H groups in total. The van der Waals surface area contributed by atoms with E-state index < -0.39 is 21.1 Å². The zero-order valence-corrected chi connectivity index (χ0v) is 11.4. The first-order chi connectivity index (χ1) is 5.86. The van der Waals surface area contributed by atoms with Crippen LogP contribution in [0.4, 0.5) is 0 Å². The molecule has 1 aromatic heterocycles. The van der Waals surface area contributed by atoms with Crippen LogP contribution in [0, 0.1) is 0 Å². The molecule has 0 amide bonds. The summed E-state index contributed by atoms with van der Waals surface area (Å²) in [6.07, 6.45) is 3.35. The Labute approximate surface area is 82.6 Å². The van der Waals surface area contributed by atoms with Crippen molar-refractivity contribution < 1.29 is 9.21 Å². The quantitative estimate of drug-likeness (QED) is 0.457. The number of rotatable bonds is 5. The van der Waals surface area contributed by atoms with Crippen molar-refractivity contribution in [2.75, 3.05) is 0 Å². The summed E-state index contributed by atoms with van der Waals surface area (Å²) >= 11 is -0.842. The van der Waals surface area contributed by atoms with Crippen LogP contribution >= 0.6 is 0 Å². The Hall–Kier alpha value is -0.251. The van der Waals surface area contributed by atoms with Gasteiger partial charge in [0.1, 0.15) is 0 Å². The van der Waals surface area contributed by atoms with Gasteiger partial charge in [-0.15, -0.1) is 0 Å². The summed E-state index contributed by atoms with van der Waals surface area (Å²) in [5.74, 6) is 0.484. The zero-order chi connectivity index (χ0) is 8.81. The molecule has 2 nitrogen and oxygen atoms in total. The summed E-state index contributed by atoms with van der Waals surface area (Å²) in [4.78, 5) is 10.3. The first kappa shape index (κ1) is 9.83. The molecule has 0 aliphatic carbocycles. The van der Waals surface area contributed by atoms with Crippen LogP contribution in [0.25, 0.3) is 0 Å². The van der Waals surface area contributed by atoms with Gasteiger partial charge in [0, 0.05) is 0 Å². The van der Waals surface area contributed by atoms with E-state index in [1.807, 2.05) is 6.07 Å². The predicted octanol–water partition coefficient (Wildman–Crippen LogP) is 1.10. The molecule has 1 rings (SSSR count). The third-order valence-electron chi connectivity index (χ3n) is 1.83. The standard InChI is InChI=1S/C5H3O2.C4H9.Sn.2H/c6-4-5-2-1-3-7-5;1-3-4-2;;;/h1-2,4H;1,3-4H2,2H3;;;. The van der Waals surface area contributed by atoms with Gasteiger partial charge < -0.3 is 0 Å². The second-order valence-electron chi connectivity index (χ2n) is 2.88. The van der Waals surface area contributed by atoms with Gasteiger partial charge in [-0.05, 0) is 0 Å². The van der Waals surface area contributed by atoms with E-state index in [1.165, 1.54) is 17.3 Å². The second-order valence-corrected chi connectivity index (χ2v) is 8.31. The summed E-state index contributed by atoms with van der Waals surface area (Å²) in [5, 5.41) is 0. The van der Waals surface area contributed by atoms with Gasteiger partial charge in [0.25, 0.3) is 0 Å². The second kappa shape index (κ2) is 5.40. The summed E-state index contributed by atoms with van der Waals surface area (Å²) in [6, 6.07) is 3.74. The molecule has 0 spiro atoms. The van der Waals surface area contributed by atoms with Crippen LogP contribution in [-0.2, 0) is 0 Å².